The van der Waals surface area contributed by atoms with E-state index in [1.54, 1.807) is 20.5 Å². The minimum atomic E-state index is -0.631. The molecule has 0 aliphatic carbocycles. The highest BCUT2D eigenvalue weighted by Gasteiger charge is 2.29. The van der Waals surface area contributed by atoms with E-state index in [9.17, 15) is 9.59 Å². The van der Waals surface area contributed by atoms with E-state index < -0.39 is 5.91 Å². The first kappa shape index (κ1) is 20.4. The average Bonchev–Trinajstić information content (AvgIpc) is 3.38. The second kappa shape index (κ2) is 8.47. The fourth-order valence-corrected chi connectivity index (χ4v) is 3.97. The number of piperidine rings is 1. The standard InChI is InChI=1S/C22H25N7O2/c1-2-18(30)27-10-8-17(9-11-27)29-21(23)19(22(24)31)20(26-29)16-12-25-28(14-16)13-15-6-4-3-5-7-15/h2-7,12,14,17H,1,8-11,13,23H2,(H2,24,31). The second-order valence-corrected chi connectivity index (χ2v) is 7.59. The van der Waals surface area contributed by atoms with Crippen LogP contribution in [0.2, 0.25) is 0 Å². The SMILES string of the molecule is C=CC(=O)N1CCC(n2nc(-c3cnn(Cc4ccccc4)c3)c(C(N)=O)c2N)CC1. The molecule has 0 atom stereocenters. The molecule has 160 valence electrons. The van der Waals surface area contributed by atoms with Gasteiger partial charge in [0, 0.05) is 24.8 Å². The quantitative estimate of drug-likeness (QED) is 0.590. The summed E-state index contributed by atoms with van der Waals surface area (Å²) in [5.41, 5.74) is 14.4. The number of anilines is 1. The maximum absolute atomic E-state index is 12.2. The summed E-state index contributed by atoms with van der Waals surface area (Å²) in [6.45, 7) is 5.28. The Kier molecular flexibility index (Phi) is 5.57. The Balaban J connectivity index is 1.60. The molecular weight excluding hydrogens is 394 g/mol. The smallest absolute Gasteiger partial charge is 0.254 e. The number of nitrogen functional groups attached to an aromatic ring is 1. The average molecular weight is 419 g/mol. The van der Waals surface area contributed by atoms with E-state index in [1.165, 1.54) is 6.08 Å². The van der Waals surface area contributed by atoms with Gasteiger partial charge in [0.15, 0.2) is 0 Å². The van der Waals surface area contributed by atoms with Crippen molar-refractivity contribution in [1.82, 2.24) is 24.5 Å². The van der Waals surface area contributed by atoms with Gasteiger partial charge >= 0.3 is 0 Å². The summed E-state index contributed by atoms with van der Waals surface area (Å²) in [6, 6.07) is 9.92. The van der Waals surface area contributed by atoms with Crippen LogP contribution in [0.1, 0.15) is 34.8 Å². The van der Waals surface area contributed by atoms with E-state index in [4.69, 9.17) is 11.5 Å². The number of carbonyl (C=O) groups excluding carboxylic acids is 2. The molecule has 0 bridgehead atoms. The third kappa shape index (κ3) is 4.07. The fourth-order valence-electron chi connectivity index (χ4n) is 3.97. The number of aromatic nitrogens is 4. The molecule has 31 heavy (non-hydrogen) atoms. The zero-order valence-corrected chi connectivity index (χ0v) is 17.1. The topological polar surface area (TPSA) is 125 Å². The molecule has 4 rings (SSSR count). The van der Waals surface area contributed by atoms with Gasteiger partial charge in [0.2, 0.25) is 5.91 Å². The maximum Gasteiger partial charge on any atom is 0.254 e. The summed E-state index contributed by atoms with van der Waals surface area (Å²) < 4.78 is 3.45. The van der Waals surface area contributed by atoms with Crippen molar-refractivity contribution < 1.29 is 9.59 Å². The van der Waals surface area contributed by atoms with Crippen molar-refractivity contribution in [2.45, 2.75) is 25.4 Å². The Morgan fingerprint density at radius 2 is 1.90 bits per heavy atom. The van der Waals surface area contributed by atoms with E-state index in [-0.39, 0.29) is 23.3 Å². The molecule has 2 aromatic heterocycles. The number of nitrogens with zero attached hydrogens (tertiary/aromatic N) is 5. The molecular formula is C22H25N7O2. The van der Waals surface area contributed by atoms with Gasteiger partial charge in [-0.3, -0.25) is 14.3 Å². The van der Waals surface area contributed by atoms with E-state index in [0.717, 1.165) is 5.56 Å². The van der Waals surface area contributed by atoms with Crippen molar-refractivity contribution in [1.29, 1.82) is 0 Å². The summed E-state index contributed by atoms with van der Waals surface area (Å²) in [7, 11) is 0. The van der Waals surface area contributed by atoms with Crippen molar-refractivity contribution >= 4 is 17.6 Å². The van der Waals surface area contributed by atoms with E-state index in [2.05, 4.69) is 16.8 Å². The highest BCUT2D eigenvalue weighted by Crippen LogP contribution is 2.32. The van der Waals surface area contributed by atoms with Gasteiger partial charge in [-0.05, 0) is 24.5 Å². The van der Waals surface area contributed by atoms with Crippen molar-refractivity contribution in [3.63, 3.8) is 0 Å². The normalized spacial score (nSPS) is 14.5. The number of rotatable bonds is 6. The molecule has 1 saturated heterocycles. The molecule has 1 aliphatic rings. The lowest BCUT2D eigenvalue weighted by Gasteiger charge is -2.31. The van der Waals surface area contributed by atoms with Gasteiger partial charge in [0.1, 0.15) is 17.1 Å². The highest BCUT2D eigenvalue weighted by atomic mass is 16.2. The molecule has 2 amide bonds. The number of hydrogen-bond donors (Lipinski definition) is 2. The number of hydrogen-bond acceptors (Lipinski definition) is 5. The number of carbonyl (C=O) groups is 2. The minimum absolute atomic E-state index is 0.0277. The van der Waals surface area contributed by atoms with Crippen LogP contribution in [0.15, 0.2) is 55.4 Å². The molecule has 4 N–H and O–H groups in total. The molecule has 0 unspecified atom stereocenters. The lowest BCUT2D eigenvalue weighted by atomic mass is 10.0. The summed E-state index contributed by atoms with van der Waals surface area (Å²) >= 11 is 0. The molecule has 1 aliphatic heterocycles. The van der Waals surface area contributed by atoms with Gasteiger partial charge in [0.25, 0.3) is 5.91 Å². The number of benzene rings is 1. The molecule has 9 nitrogen and oxygen atoms in total. The van der Waals surface area contributed by atoms with Crippen LogP contribution in [0.3, 0.4) is 0 Å². The largest absolute Gasteiger partial charge is 0.383 e. The van der Waals surface area contributed by atoms with Crippen LogP contribution >= 0.6 is 0 Å². The second-order valence-electron chi connectivity index (χ2n) is 7.59. The van der Waals surface area contributed by atoms with Crippen molar-refractivity contribution in [3.8, 4) is 11.3 Å². The Hall–Kier alpha value is -3.88. The highest BCUT2D eigenvalue weighted by molar-refractivity contribution is 6.03. The summed E-state index contributed by atoms with van der Waals surface area (Å²) in [4.78, 5) is 25.8. The summed E-state index contributed by atoms with van der Waals surface area (Å²) in [5.74, 6) is -0.475. The summed E-state index contributed by atoms with van der Waals surface area (Å²) in [5, 5.41) is 9.05. The van der Waals surface area contributed by atoms with Gasteiger partial charge < -0.3 is 16.4 Å². The molecule has 3 heterocycles. The molecule has 9 heteroatoms. The van der Waals surface area contributed by atoms with Crippen LogP contribution in [-0.2, 0) is 11.3 Å². The maximum atomic E-state index is 12.2. The van der Waals surface area contributed by atoms with E-state index in [1.807, 2.05) is 36.5 Å². The van der Waals surface area contributed by atoms with Gasteiger partial charge in [-0.2, -0.15) is 10.2 Å². The predicted octanol–water partition coefficient (Wildman–Crippen LogP) is 1.83. The Labute approximate surface area is 179 Å². The number of primary amides is 1. The number of nitrogens with two attached hydrogens (primary N) is 2. The zero-order chi connectivity index (χ0) is 22.0. The lowest BCUT2D eigenvalue weighted by Crippen LogP contribution is -2.38. The van der Waals surface area contributed by atoms with Crippen molar-refractivity contribution in [2.75, 3.05) is 18.8 Å². The van der Waals surface area contributed by atoms with Crippen LogP contribution in [0, 0.1) is 0 Å². The third-order valence-corrected chi connectivity index (χ3v) is 5.58. The Bertz CT molecular complexity index is 1110. The van der Waals surface area contributed by atoms with Gasteiger partial charge in [-0.25, -0.2) is 4.68 Å². The molecule has 1 aromatic carbocycles. The van der Waals surface area contributed by atoms with Crippen LogP contribution in [-0.4, -0.2) is 49.4 Å². The first-order chi connectivity index (χ1) is 15.0. The predicted molar refractivity (Wildman–Crippen MR) is 117 cm³/mol. The zero-order valence-electron chi connectivity index (χ0n) is 17.1. The number of amides is 2. The van der Waals surface area contributed by atoms with E-state index in [0.29, 0.717) is 43.7 Å². The molecule has 3 aromatic rings. The van der Waals surface area contributed by atoms with Crippen LogP contribution < -0.4 is 11.5 Å². The molecule has 1 fully saturated rings. The lowest BCUT2D eigenvalue weighted by molar-refractivity contribution is -0.127. The first-order valence-electron chi connectivity index (χ1n) is 10.1. The Morgan fingerprint density at radius 3 is 2.55 bits per heavy atom. The Morgan fingerprint density at radius 1 is 1.19 bits per heavy atom. The van der Waals surface area contributed by atoms with E-state index >= 15 is 0 Å². The van der Waals surface area contributed by atoms with Crippen LogP contribution in [0.5, 0.6) is 0 Å². The summed E-state index contributed by atoms with van der Waals surface area (Å²) in [6.07, 6.45) is 6.16. The van der Waals surface area contributed by atoms with Crippen molar-refractivity contribution in [2.24, 2.45) is 5.73 Å². The number of likely N-dealkylation sites (tertiary alicyclic amines) is 1. The van der Waals surface area contributed by atoms with Crippen LogP contribution in [0.25, 0.3) is 11.3 Å². The monoisotopic (exact) mass is 419 g/mol. The van der Waals surface area contributed by atoms with Gasteiger partial charge in [-0.1, -0.05) is 36.9 Å². The van der Waals surface area contributed by atoms with Crippen molar-refractivity contribution in [3.05, 3.63) is 66.5 Å². The minimum Gasteiger partial charge on any atom is -0.383 e. The van der Waals surface area contributed by atoms with Gasteiger partial charge in [0.05, 0.1) is 18.8 Å². The molecule has 0 spiro atoms. The molecule has 0 saturated carbocycles. The van der Waals surface area contributed by atoms with Crippen LogP contribution in [0.4, 0.5) is 5.82 Å². The first-order valence-corrected chi connectivity index (χ1v) is 10.1. The van der Waals surface area contributed by atoms with Gasteiger partial charge in [-0.15, -0.1) is 0 Å². The molecule has 0 radical (unpaired) electrons. The third-order valence-electron chi connectivity index (χ3n) is 5.58. The fraction of sp³-hybridized carbons (Fsp3) is 0.273.